The number of hydrogen-bond acceptors (Lipinski definition) is 3. The van der Waals surface area contributed by atoms with Gasteiger partial charge in [-0.15, -0.1) is 0 Å². The monoisotopic (exact) mass is 250 g/mol. The highest BCUT2D eigenvalue weighted by atomic mass is 16.2. The average molecular weight is 250 g/mol. The maximum Gasteiger partial charge on any atom is 0.220 e. The predicted molar refractivity (Wildman–Crippen MR) is 71.9 cm³/mol. The summed E-state index contributed by atoms with van der Waals surface area (Å²) in [6.07, 6.45) is 2.63. The van der Waals surface area contributed by atoms with E-state index in [1.807, 2.05) is 30.3 Å². The second-order valence-corrected chi connectivity index (χ2v) is 4.34. The Kier molecular flexibility index (Phi) is 7.06. The van der Waals surface area contributed by atoms with Crippen LogP contribution in [-0.4, -0.2) is 24.2 Å². The molecule has 0 aliphatic heterocycles. The van der Waals surface area contributed by atoms with E-state index in [-0.39, 0.29) is 18.6 Å². The Morgan fingerprint density at radius 2 is 2.00 bits per heavy atom. The molecule has 0 heterocycles. The van der Waals surface area contributed by atoms with Crippen LogP contribution in [0.15, 0.2) is 30.3 Å². The molecule has 0 radical (unpaired) electrons. The molecule has 1 amide bonds. The molecule has 0 aliphatic rings. The van der Waals surface area contributed by atoms with Gasteiger partial charge in [-0.05, 0) is 24.8 Å². The van der Waals surface area contributed by atoms with Crippen LogP contribution < -0.4 is 11.1 Å². The van der Waals surface area contributed by atoms with Crippen molar-refractivity contribution < 1.29 is 9.90 Å². The van der Waals surface area contributed by atoms with Gasteiger partial charge in [0.25, 0.3) is 0 Å². The van der Waals surface area contributed by atoms with Gasteiger partial charge in [-0.1, -0.05) is 30.3 Å². The first-order chi connectivity index (χ1) is 8.74. The fraction of sp³-hybridized carbons (Fsp3) is 0.500. The summed E-state index contributed by atoms with van der Waals surface area (Å²) in [5.41, 5.74) is 7.07. The summed E-state index contributed by atoms with van der Waals surface area (Å²) < 4.78 is 0. The number of aliphatic hydroxyl groups excluding tert-OH is 1. The lowest BCUT2D eigenvalue weighted by Crippen LogP contribution is -2.25. The molecule has 0 spiro atoms. The molecule has 1 unspecified atom stereocenters. The zero-order chi connectivity index (χ0) is 13.2. The zero-order valence-corrected chi connectivity index (χ0v) is 10.6. The third-order valence-corrected chi connectivity index (χ3v) is 2.82. The predicted octanol–water partition coefficient (Wildman–Crippen LogP) is 1.36. The van der Waals surface area contributed by atoms with E-state index in [0.717, 1.165) is 18.4 Å². The van der Waals surface area contributed by atoms with Crippen molar-refractivity contribution in [2.75, 3.05) is 13.2 Å². The molecular weight excluding hydrogens is 228 g/mol. The minimum Gasteiger partial charge on any atom is -0.396 e. The minimum atomic E-state index is -0.0885. The lowest BCUT2D eigenvalue weighted by atomic mass is 10.0. The van der Waals surface area contributed by atoms with E-state index in [0.29, 0.717) is 19.4 Å². The van der Waals surface area contributed by atoms with E-state index in [1.165, 1.54) is 0 Å². The Bertz CT molecular complexity index is 341. The SMILES string of the molecule is NC(CCC(=O)NCCCCO)c1ccccc1. The van der Waals surface area contributed by atoms with E-state index in [9.17, 15) is 4.79 Å². The molecule has 0 saturated heterocycles. The molecule has 18 heavy (non-hydrogen) atoms. The molecule has 1 rings (SSSR count). The van der Waals surface area contributed by atoms with Crippen molar-refractivity contribution in [1.82, 2.24) is 5.32 Å². The number of benzene rings is 1. The van der Waals surface area contributed by atoms with Gasteiger partial charge >= 0.3 is 0 Å². The summed E-state index contributed by atoms with van der Waals surface area (Å²) >= 11 is 0. The third-order valence-electron chi connectivity index (χ3n) is 2.82. The first-order valence-corrected chi connectivity index (χ1v) is 6.42. The van der Waals surface area contributed by atoms with Gasteiger partial charge in [0.05, 0.1) is 0 Å². The van der Waals surface area contributed by atoms with Gasteiger partial charge in [0.1, 0.15) is 0 Å². The van der Waals surface area contributed by atoms with Gasteiger partial charge in [0.2, 0.25) is 5.91 Å². The highest BCUT2D eigenvalue weighted by Gasteiger charge is 2.08. The summed E-state index contributed by atoms with van der Waals surface area (Å²) in [7, 11) is 0. The number of hydrogen-bond donors (Lipinski definition) is 3. The molecule has 0 fully saturated rings. The Labute approximate surface area is 108 Å². The van der Waals surface area contributed by atoms with E-state index in [1.54, 1.807) is 0 Å². The number of carbonyl (C=O) groups excluding carboxylic acids is 1. The van der Waals surface area contributed by atoms with Crippen molar-refractivity contribution in [3.05, 3.63) is 35.9 Å². The topological polar surface area (TPSA) is 75.4 Å². The van der Waals surface area contributed by atoms with E-state index < -0.39 is 0 Å². The van der Waals surface area contributed by atoms with Crippen LogP contribution in [0.2, 0.25) is 0 Å². The van der Waals surface area contributed by atoms with E-state index in [2.05, 4.69) is 5.32 Å². The first-order valence-electron chi connectivity index (χ1n) is 6.42. The summed E-state index contributed by atoms with van der Waals surface area (Å²) in [4.78, 5) is 11.5. The zero-order valence-electron chi connectivity index (χ0n) is 10.6. The molecule has 4 nitrogen and oxygen atoms in total. The molecule has 100 valence electrons. The molecule has 0 aromatic heterocycles. The van der Waals surface area contributed by atoms with Crippen molar-refractivity contribution in [1.29, 1.82) is 0 Å². The van der Waals surface area contributed by atoms with Gasteiger partial charge in [0.15, 0.2) is 0 Å². The van der Waals surface area contributed by atoms with Crippen LogP contribution in [0.4, 0.5) is 0 Å². The Morgan fingerprint density at radius 1 is 1.28 bits per heavy atom. The number of nitrogens with one attached hydrogen (secondary N) is 1. The Balaban J connectivity index is 2.18. The number of rotatable bonds is 8. The molecule has 1 atom stereocenters. The van der Waals surface area contributed by atoms with E-state index in [4.69, 9.17) is 10.8 Å². The molecule has 4 heteroatoms. The summed E-state index contributed by atoms with van der Waals surface area (Å²) in [6, 6.07) is 9.71. The number of aliphatic hydroxyl groups is 1. The molecule has 1 aromatic rings. The normalized spacial score (nSPS) is 12.1. The number of nitrogens with two attached hydrogens (primary N) is 1. The van der Waals surface area contributed by atoms with Crippen LogP contribution in [0.25, 0.3) is 0 Å². The molecule has 0 aliphatic carbocycles. The summed E-state index contributed by atoms with van der Waals surface area (Å²) in [5.74, 6) is 0.0271. The molecule has 0 bridgehead atoms. The third kappa shape index (κ3) is 5.80. The van der Waals surface area contributed by atoms with Crippen LogP contribution in [0.5, 0.6) is 0 Å². The smallest absolute Gasteiger partial charge is 0.220 e. The van der Waals surface area contributed by atoms with Crippen LogP contribution in [0.3, 0.4) is 0 Å². The fourth-order valence-electron chi connectivity index (χ4n) is 1.71. The quantitative estimate of drug-likeness (QED) is 0.610. The van der Waals surface area contributed by atoms with Gasteiger partial charge in [-0.2, -0.15) is 0 Å². The van der Waals surface area contributed by atoms with Crippen molar-refractivity contribution in [2.24, 2.45) is 5.73 Å². The number of amides is 1. The average Bonchev–Trinajstić information content (AvgIpc) is 2.42. The molecular formula is C14H22N2O2. The van der Waals surface area contributed by atoms with Gasteiger partial charge in [0, 0.05) is 25.6 Å². The standard InChI is InChI=1S/C14H22N2O2/c15-13(12-6-2-1-3-7-12)8-9-14(18)16-10-4-5-11-17/h1-3,6-7,13,17H,4-5,8-11,15H2,(H,16,18). The van der Waals surface area contributed by atoms with Gasteiger partial charge < -0.3 is 16.2 Å². The highest BCUT2D eigenvalue weighted by molar-refractivity contribution is 5.75. The second-order valence-electron chi connectivity index (χ2n) is 4.34. The number of unbranched alkanes of at least 4 members (excludes halogenated alkanes) is 1. The number of carbonyl (C=O) groups is 1. The van der Waals surface area contributed by atoms with Crippen LogP contribution in [-0.2, 0) is 4.79 Å². The van der Waals surface area contributed by atoms with Crippen molar-refractivity contribution in [3.63, 3.8) is 0 Å². The second kappa shape index (κ2) is 8.66. The molecule has 1 aromatic carbocycles. The van der Waals surface area contributed by atoms with Crippen molar-refractivity contribution >= 4 is 5.91 Å². The van der Waals surface area contributed by atoms with Gasteiger partial charge in [-0.25, -0.2) is 0 Å². The van der Waals surface area contributed by atoms with Crippen LogP contribution in [0, 0.1) is 0 Å². The maximum atomic E-state index is 11.5. The maximum absolute atomic E-state index is 11.5. The van der Waals surface area contributed by atoms with Crippen molar-refractivity contribution in [3.8, 4) is 0 Å². The largest absolute Gasteiger partial charge is 0.396 e. The van der Waals surface area contributed by atoms with Gasteiger partial charge in [-0.3, -0.25) is 4.79 Å². The first kappa shape index (κ1) is 14.7. The lowest BCUT2D eigenvalue weighted by Gasteiger charge is -2.11. The van der Waals surface area contributed by atoms with Crippen LogP contribution >= 0.6 is 0 Å². The lowest BCUT2D eigenvalue weighted by molar-refractivity contribution is -0.121. The van der Waals surface area contributed by atoms with Crippen molar-refractivity contribution in [2.45, 2.75) is 31.7 Å². The highest BCUT2D eigenvalue weighted by Crippen LogP contribution is 2.14. The Morgan fingerprint density at radius 3 is 2.67 bits per heavy atom. The summed E-state index contributed by atoms with van der Waals surface area (Å²) in [5, 5.41) is 11.4. The Hall–Kier alpha value is -1.39. The molecule has 4 N–H and O–H groups in total. The van der Waals surface area contributed by atoms with E-state index >= 15 is 0 Å². The minimum absolute atomic E-state index is 0.0271. The fourth-order valence-corrected chi connectivity index (χ4v) is 1.71. The summed E-state index contributed by atoms with van der Waals surface area (Å²) in [6.45, 7) is 0.800. The van der Waals surface area contributed by atoms with Crippen LogP contribution in [0.1, 0.15) is 37.3 Å². The molecule has 0 saturated carbocycles.